The molecule has 0 radical (unpaired) electrons. The summed E-state index contributed by atoms with van der Waals surface area (Å²) in [6.45, 7) is 0. The summed E-state index contributed by atoms with van der Waals surface area (Å²) >= 11 is 5.00. The van der Waals surface area contributed by atoms with Crippen molar-refractivity contribution < 1.29 is 4.79 Å². The van der Waals surface area contributed by atoms with Crippen molar-refractivity contribution in [1.82, 2.24) is 0 Å². The number of thiophene rings is 1. The Morgan fingerprint density at radius 1 is 1.28 bits per heavy atom. The molecule has 1 aliphatic heterocycles. The van der Waals surface area contributed by atoms with Gasteiger partial charge < -0.3 is 5.73 Å². The van der Waals surface area contributed by atoms with Gasteiger partial charge in [0.1, 0.15) is 10.8 Å². The fourth-order valence-electron chi connectivity index (χ4n) is 1.92. The molecule has 0 unspecified atom stereocenters. The van der Waals surface area contributed by atoms with Crippen molar-refractivity contribution in [3.8, 4) is 10.4 Å². The summed E-state index contributed by atoms with van der Waals surface area (Å²) < 4.78 is 0.829. The van der Waals surface area contributed by atoms with Crippen LogP contribution in [0.1, 0.15) is 16.8 Å². The molecule has 18 heavy (non-hydrogen) atoms. The van der Waals surface area contributed by atoms with Crippen molar-refractivity contribution in [1.29, 1.82) is 0 Å². The number of amidine groups is 1. The quantitative estimate of drug-likeness (QED) is 0.869. The van der Waals surface area contributed by atoms with E-state index in [1.54, 1.807) is 0 Å². The minimum atomic E-state index is 0.0304. The second-order valence-electron chi connectivity index (χ2n) is 3.99. The van der Waals surface area contributed by atoms with Crippen LogP contribution in [-0.4, -0.2) is 11.6 Å². The monoisotopic (exact) mass is 320 g/mol. The second kappa shape index (κ2) is 4.33. The molecular formula is C13H9BrN2OS. The van der Waals surface area contributed by atoms with Gasteiger partial charge in [0.15, 0.2) is 5.78 Å². The molecule has 1 aliphatic rings. The predicted octanol–water partition coefficient (Wildman–Crippen LogP) is 3.75. The van der Waals surface area contributed by atoms with Crippen LogP contribution in [0.25, 0.3) is 10.4 Å². The van der Waals surface area contributed by atoms with Gasteiger partial charge in [0.2, 0.25) is 0 Å². The number of nitrogens with zero attached hydrogens (tertiary/aromatic N) is 1. The number of Topliss-reactive ketones (excluding diaryl/α,β-unsaturated/α-hetero) is 1. The molecule has 0 spiro atoms. The molecule has 1 aromatic heterocycles. The summed E-state index contributed by atoms with van der Waals surface area (Å²) in [7, 11) is 0. The minimum Gasteiger partial charge on any atom is -0.387 e. The highest BCUT2D eigenvalue weighted by Crippen LogP contribution is 2.46. The number of hydrogen-bond acceptors (Lipinski definition) is 4. The van der Waals surface area contributed by atoms with E-state index in [1.165, 1.54) is 11.3 Å². The number of ketones is 1. The molecule has 0 saturated heterocycles. The van der Waals surface area contributed by atoms with Crippen molar-refractivity contribution in [2.75, 3.05) is 0 Å². The summed E-state index contributed by atoms with van der Waals surface area (Å²) in [4.78, 5) is 17.3. The standard InChI is InChI=1S/C13H9BrN2OS/c14-11-10-8(17)6-9(15)16-13(10)18-12(11)7-4-2-1-3-5-7/h1-5H,6H2,(H2,15,16). The van der Waals surface area contributed by atoms with Gasteiger partial charge in [-0.25, -0.2) is 4.99 Å². The van der Waals surface area contributed by atoms with E-state index in [4.69, 9.17) is 5.73 Å². The maximum absolute atomic E-state index is 12.0. The molecule has 2 N–H and O–H groups in total. The molecule has 5 heteroatoms. The van der Waals surface area contributed by atoms with Crippen LogP contribution in [0.2, 0.25) is 0 Å². The molecule has 3 nitrogen and oxygen atoms in total. The van der Waals surface area contributed by atoms with Gasteiger partial charge in [-0.1, -0.05) is 30.3 Å². The zero-order valence-electron chi connectivity index (χ0n) is 9.31. The van der Waals surface area contributed by atoms with Crippen LogP contribution >= 0.6 is 27.3 Å². The highest BCUT2D eigenvalue weighted by molar-refractivity contribution is 9.10. The molecule has 0 atom stereocenters. The molecular weight excluding hydrogens is 312 g/mol. The van der Waals surface area contributed by atoms with Crippen LogP contribution in [0.3, 0.4) is 0 Å². The summed E-state index contributed by atoms with van der Waals surface area (Å²) in [5, 5.41) is 0.703. The topological polar surface area (TPSA) is 55.4 Å². The number of carbonyl (C=O) groups excluding carboxylic acids is 1. The fourth-order valence-corrected chi connectivity index (χ4v) is 4.05. The third-order valence-corrected chi connectivity index (χ3v) is 4.92. The van der Waals surface area contributed by atoms with Crippen LogP contribution in [0.15, 0.2) is 39.8 Å². The molecule has 0 fully saturated rings. The summed E-state index contributed by atoms with van der Waals surface area (Å²) in [5.41, 5.74) is 7.39. The Bertz CT molecular complexity index is 661. The third kappa shape index (κ3) is 1.79. The lowest BCUT2D eigenvalue weighted by Gasteiger charge is -2.07. The number of nitrogens with two attached hydrogens (primary N) is 1. The number of carbonyl (C=O) groups is 1. The number of benzene rings is 1. The Morgan fingerprint density at radius 3 is 2.72 bits per heavy atom. The van der Waals surface area contributed by atoms with Gasteiger partial charge in [-0.15, -0.1) is 11.3 Å². The van der Waals surface area contributed by atoms with Crippen LogP contribution in [0.4, 0.5) is 5.00 Å². The zero-order chi connectivity index (χ0) is 12.7. The molecule has 2 heterocycles. The van der Waals surface area contributed by atoms with Gasteiger partial charge in [-0.2, -0.15) is 0 Å². The van der Waals surface area contributed by atoms with Gasteiger partial charge in [-0.3, -0.25) is 4.79 Å². The van der Waals surface area contributed by atoms with E-state index in [1.807, 2.05) is 30.3 Å². The van der Waals surface area contributed by atoms with Crippen molar-refractivity contribution in [3.05, 3.63) is 40.4 Å². The lowest BCUT2D eigenvalue weighted by atomic mass is 10.1. The molecule has 2 aromatic rings. The molecule has 0 amide bonds. The molecule has 0 bridgehead atoms. The predicted molar refractivity (Wildman–Crippen MR) is 77.7 cm³/mol. The maximum atomic E-state index is 12.0. The first-order valence-electron chi connectivity index (χ1n) is 5.41. The highest BCUT2D eigenvalue weighted by atomic mass is 79.9. The number of aliphatic imine (C=N–C) groups is 1. The first-order valence-corrected chi connectivity index (χ1v) is 7.01. The van der Waals surface area contributed by atoms with Gasteiger partial charge >= 0.3 is 0 Å². The summed E-state index contributed by atoms with van der Waals surface area (Å²) in [6, 6.07) is 9.94. The SMILES string of the molecule is NC1=Nc2sc(-c3ccccc3)c(Br)c2C(=O)C1. The van der Waals surface area contributed by atoms with Crippen molar-refractivity contribution >= 4 is 43.9 Å². The zero-order valence-corrected chi connectivity index (χ0v) is 11.7. The first kappa shape index (κ1) is 11.6. The van der Waals surface area contributed by atoms with E-state index in [-0.39, 0.29) is 12.2 Å². The van der Waals surface area contributed by atoms with Gasteiger partial charge in [0, 0.05) is 4.47 Å². The number of hydrogen-bond donors (Lipinski definition) is 1. The Labute approximate surface area is 116 Å². The Morgan fingerprint density at radius 2 is 2.00 bits per heavy atom. The van der Waals surface area contributed by atoms with E-state index in [9.17, 15) is 4.79 Å². The van der Waals surface area contributed by atoms with E-state index in [2.05, 4.69) is 20.9 Å². The third-order valence-electron chi connectivity index (χ3n) is 2.73. The summed E-state index contributed by atoms with van der Waals surface area (Å²) in [6.07, 6.45) is 0.205. The molecule has 1 aromatic carbocycles. The lowest BCUT2D eigenvalue weighted by molar-refractivity contribution is 0.0999. The number of rotatable bonds is 1. The minimum absolute atomic E-state index is 0.0304. The Hall–Kier alpha value is -1.46. The average molecular weight is 321 g/mol. The fraction of sp³-hybridized carbons (Fsp3) is 0.0769. The number of halogens is 1. The van der Waals surface area contributed by atoms with Gasteiger partial charge in [0.05, 0.1) is 16.9 Å². The largest absolute Gasteiger partial charge is 0.387 e. The van der Waals surface area contributed by atoms with E-state index < -0.39 is 0 Å². The molecule has 90 valence electrons. The molecule has 0 aliphatic carbocycles. The number of fused-ring (bicyclic) bond motifs is 1. The smallest absolute Gasteiger partial charge is 0.174 e. The lowest BCUT2D eigenvalue weighted by Crippen LogP contribution is -2.19. The van der Waals surface area contributed by atoms with Crippen molar-refractivity contribution in [3.63, 3.8) is 0 Å². The Balaban J connectivity index is 2.21. The summed E-state index contributed by atoms with van der Waals surface area (Å²) in [5.74, 6) is 0.420. The normalized spacial score (nSPS) is 14.3. The van der Waals surface area contributed by atoms with Crippen LogP contribution in [0, 0.1) is 0 Å². The maximum Gasteiger partial charge on any atom is 0.174 e. The highest BCUT2D eigenvalue weighted by Gasteiger charge is 2.26. The van der Waals surface area contributed by atoms with Gasteiger partial charge in [0.25, 0.3) is 0 Å². The Kier molecular flexibility index (Phi) is 2.80. The van der Waals surface area contributed by atoms with Crippen molar-refractivity contribution in [2.24, 2.45) is 10.7 Å². The van der Waals surface area contributed by atoms with E-state index in [0.717, 1.165) is 14.9 Å². The molecule has 0 saturated carbocycles. The van der Waals surface area contributed by atoms with Gasteiger partial charge in [-0.05, 0) is 21.5 Å². The van der Waals surface area contributed by atoms with Crippen LogP contribution in [-0.2, 0) is 0 Å². The van der Waals surface area contributed by atoms with Crippen molar-refractivity contribution in [2.45, 2.75) is 6.42 Å². The van der Waals surface area contributed by atoms with E-state index in [0.29, 0.717) is 16.4 Å². The second-order valence-corrected chi connectivity index (χ2v) is 5.79. The molecule has 3 rings (SSSR count). The van der Waals surface area contributed by atoms with Crippen LogP contribution in [0.5, 0.6) is 0 Å². The van der Waals surface area contributed by atoms with Crippen LogP contribution < -0.4 is 5.73 Å². The average Bonchev–Trinajstić information content (AvgIpc) is 2.67. The first-order chi connectivity index (χ1) is 8.66. The van der Waals surface area contributed by atoms with E-state index >= 15 is 0 Å².